The summed E-state index contributed by atoms with van der Waals surface area (Å²) in [6.07, 6.45) is 1.57. The zero-order valence-corrected chi connectivity index (χ0v) is 9.58. The fourth-order valence-electron chi connectivity index (χ4n) is 1.65. The number of rotatable bonds is 2. The average molecular weight is 232 g/mol. The van der Waals surface area contributed by atoms with Gasteiger partial charge in [0.05, 0.1) is 18.7 Å². The van der Waals surface area contributed by atoms with Crippen LogP contribution >= 0.6 is 0 Å². The van der Waals surface area contributed by atoms with Gasteiger partial charge in [0.25, 0.3) is 5.56 Å². The fourth-order valence-corrected chi connectivity index (χ4v) is 1.65. The smallest absolute Gasteiger partial charge is 0.330 e. The van der Waals surface area contributed by atoms with Gasteiger partial charge in [-0.2, -0.15) is 5.10 Å². The van der Waals surface area contributed by atoms with Crippen LogP contribution in [0.5, 0.6) is 0 Å². The Kier molecular flexibility index (Phi) is 2.91. The summed E-state index contributed by atoms with van der Waals surface area (Å²) >= 11 is 0. The highest BCUT2D eigenvalue weighted by molar-refractivity contribution is 5.81. The number of carbonyl (C=O) groups is 1. The first-order valence-corrected chi connectivity index (χ1v) is 5.19. The highest BCUT2D eigenvalue weighted by Crippen LogP contribution is 2.09. The second-order valence-electron chi connectivity index (χ2n) is 3.68. The van der Waals surface area contributed by atoms with Crippen molar-refractivity contribution >= 4 is 16.7 Å². The van der Waals surface area contributed by atoms with Crippen molar-refractivity contribution in [2.75, 3.05) is 7.11 Å². The van der Waals surface area contributed by atoms with Gasteiger partial charge >= 0.3 is 5.97 Å². The van der Waals surface area contributed by atoms with Crippen molar-refractivity contribution in [3.05, 3.63) is 40.8 Å². The molecule has 5 heteroatoms. The molecule has 2 rings (SSSR count). The highest BCUT2D eigenvalue weighted by atomic mass is 16.5. The average Bonchev–Trinajstić information content (AvgIpc) is 2.38. The third-order valence-electron chi connectivity index (χ3n) is 2.63. The van der Waals surface area contributed by atoms with E-state index in [1.807, 2.05) is 6.07 Å². The van der Waals surface area contributed by atoms with Crippen LogP contribution in [0.25, 0.3) is 10.8 Å². The number of nitrogens with zero attached hydrogens (tertiary/aromatic N) is 2. The lowest BCUT2D eigenvalue weighted by atomic mass is 10.2. The molecular weight excluding hydrogens is 220 g/mol. The van der Waals surface area contributed by atoms with Gasteiger partial charge in [0, 0.05) is 5.39 Å². The Morgan fingerprint density at radius 2 is 2.12 bits per heavy atom. The topological polar surface area (TPSA) is 61.2 Å². The molecule has 17 heavy (non-hydrogen) atoms. The maximum absolute atomic E-state index is 12.1. The predicted octanol–water partition coefficient (Wildman–Crippen LogP) is 1.13. The molecule has 0 saturated heterocycles. The van der Waals surface area contributed by atoms with Crippen molar-refractivity contribution in [3.63, 3.8) is 0 Å². The summed E-state index contributed by atoms with van der Waals surface area (Å²) in [5.41, 5.74) is -0.291. The van der Waals surface area contributed by atoms with Crippen LogP contribution in [0.1, 0.15) is 13.0 Å². The molecule has 0 aliphatic carbocycles. The number of fused-ring (bicyclic) bond motifs is 1. The van der Waals surface area contributed by atoms with Crippen LogP contribution in [0.4, 0.5) is 0 Å². The van der Waals surface area contributed by atoms with Gasteiger partial charge in [0.1, 0.15) is 0 Å². The fraction of sp³-hybridized carbons (Fsp3) is 0.250. The van der Waals surface area contributed by atoms with Crippen molar-refractivity contribution in [1.82, 2.24) is 9.78 Å². The van der Waals surface area contributed by atoms with Crippen molar-refractivity contribution in [2.45, 2.75) is 13.0 Å². The molecule has 0 spiro atoms. The van der Waals surface area contributed by atoms with Gasteiger partial charge in [-0.3, -0.25) is 4.79 Å². The normalized spacial score (nSPS) is 12.4. The largest absolute Gasteiger partial charge is 0.467 e. The molecule has 5 nitrogen and oxygen atoms in total. The zero-order valence-electron chi connectivity index (χ0n) is 9.58. The number of carbonyl (C=O) groups excluding carboxylic acids is 1. The number of ether oxygens (including phenoxy) is 1. The van der Waals surface area contributed by atoms with E-state index < -0.39 is 12.0 Å². The molecule has 0 aliphatic heterocycles. The Morgan fingerprint density at radius 1 is 1.41 bits per heavy atom. The van der Waals surface area contributed by atoms with Gasteiger partial charge in [0.2, 0.25) is 0 Å². The SMILES string of the molecule is COC(=O)[C@@H](C)n1ncc2ccccc2c1=O. The van der Waals surface area contributed by atoms with E-state index in [9.17, 15) is 9.59 Å². The van der Waals surface area contributed by atoms with Crippen LogP contribution in [-0.2, 0) is 9.53 Å². The summed E-state index contributed by atoms with van der Waals surface area (Å²) in [4.78, 5) is 23.5. The van der Waals surface area contributed by atoms with E-state index in [4.69, 9.17) is 0 Å². The van der Waals surface area contributed by atoms with Crippen molar-refractivity contribution in [3.8, 4) is 0 Å². The Balaban J connectivity index is 2.61. The Bertz CT molecular complexity index is 618. The maximum atomic E-state index is 12.1. The van der Waals surface area contributed by atoms with E-state index >= 15 is 0 Å². The van der Waals surface area contributed by atoms with Crippen LogP contribution in [0.2, 0.25) is 0 Å². The molecule has 0 radical (unpaired) electrons. The van der Waals surface area contributed by atoms with E-state index in [0.29, 0.717) is 5.39 Å². The molecule has 1 aromatic carbocycles. The van der Waals surface area contributed by atoms with Gasteiger partial charge in [-0.1, -0.05) is 18.2 Å². The predicted molar refractivity (Wildman–Crippen MR) is 62.7 cm³/mol. The molecule has 1 aromatic heterocycles. The number of aromatic nitrogens is 2. The highest BCUT2D eigenvalue weighted by Gasteiger charge is 2.18. The Labute approximate surface area is 97.6 Å². The van der Waals surface area contributed by atoms with E-state index in [0.717, 1.165) is 10.1 Å². The van der Waals surface area contributed by atoms with Gasteiger partial charge in [0.15, 0.2) is 6.04 Å². The summed E-state index contributed by atoms with van der Waals surface area (Å²) in [5, 5.41) is 5.27. The van der Waals surface area contributed by atoms with Crippen LogP contribution in [0.15, 0.2) is 35.3 Å². The minimum Gasteiger partial charge on any atom is -0.467 e. The molecule has 0 unspecified atom stereocenters. The molecule has 2 aromatic rings. The summed E-state index contributed by atoms with van der Waals surface area (Å²) in [6.45, 7) is 1.58. The van der Waals surface area contributed by atoms with Crippen LogP contribution < -0.4 is 5.56 Å². The lowest BCUT2D eigenvalue weighted by molar-refractivity contribution is -0.144. The van der Waals surface area contributed by atoms with Crippen LogP contribution in [0, 0.1) is 0 Å². The standard InChI is InChI=1S/C12H12N2O3/c1-8(12(16)17-2)14-11(15)10-6-4-3-5-9(10)7-13-14/h3-8H,1-2H3/t8-/m1/s1. The summed E-state index contributed by atoms with van der Waals surface area (Å²) in [5.74, 6) is -0.491. The molecule has 1 heterocycles. The zero-order chi connectivity index (χ0) is 12.4. The Hall–Kier alpha value is -2.17. The first kappa shape index (κ1) is 11.3. The first-order valence-electron chi connectivity index (χ1n) is 5.19. The third-order valence-corrected chi connectivity index (χ3v) is 2.63. The second-order valence-corrected chi connectivity index (χ2v) is 3.68. The third kappa shape index (κ3) is 1.91. The molecule has 0 aliphatic rings. The summed E-state index contributed by atoms with van der Waals surface area (Å²) in [7, 11) is 1.28. The van der Waals surface area contributed by atoms with Crippen LogP contribution in [0.3, 0.4) is 0 Å². The monoisotopic (exact) mass is 232 g/mol. The number of hydrogen-bond donors (Lipinski definition) is 0. The van der Waals surface area contributed by atoms with Gasteiger partial charge < -0.3 is 4.74 Å². The molecule has 0 amide bonds. The molecule has 0 saturated carbocycles. The van der Waals surface area contributed by atoms with E-state index in [1.165, 1.54) is 7.11 Å². The van der Waals surface area contributed by atoms with Gasteiger partial charge in [-0.05, 0) is 13.0 Å². The van der Waals surface area contributed by atoms with Crippen molar-refractivity contribution < 1.29 is 9.53 Å². The lowest BCUT2D eigenvalue weighted by Crippen LogP contribution is -2.30. The first-order chi connectivity index (χ1) is 8.15. The van der Waals surface area contributed by atoms with E-state index in [-0.39, 0.29) is 5.56 Å². The number of esters is 1. The lowest BCUT2D eigenvalue weighted by Gasteiger charge is -2.11. The van der Waals surface area contributed by atoms with Gasteiger partial charge in [-0.25, -0.2) is 9.48 Å². The van der Waals surface area contributed by atoms with E-state index in [1.54, 1.807) is 31.3 Å². The molecule has 1 atom stereocenters. The summed E-state index contributed by atoms with van der Waals surface area (Å²) in [6, 6.07) is 6.39. The molecule has 0 bridgehead atoms. The van der Waals surface area contributed by atoms with Crippen LogP contribution in [-0.4, -0.2) is 22.9 Å². The van der Waals surface area contributed by atoms with Crippen molar-refractivity contribution in [2.24, 2.45) is 0 Å². The van der Waals surface area contributed by atoms with Crippen molar-refractivity contribution in [1.29, 1.82) is 0 Å². The van der Waals surface area contributed by atoms with E-state index in [2.05, 4.69) is 9.84 Å². The second kappa shape index (κ2) is 4.37. The minimum absolute atomic E-state index is 0.291. The van der Waals surface area contributed by atoms with Gasteiger partial charge in [-0.15, -0.1) is 0 Å². The molecule has 88 valence electrons. The maximum Gasteiger partial charge on any atom is 0.330 e. The molecule has 0 fully saturated rings. The summed E-state index contributed by atoms with van der Waals surface area (Å²) < 4.78 is 5.73. The molecular formula is C12H12N2O3. The molecule has 0 N–H and O–H groups in total. The number of methoxy groups -OCH3 is 1. The minimum atomic E-state index is -0.725. The Morgan fingerprint density at radius 3 is 2.82 bits per heavy atom. The quantitative estimate of drug-likeness (QED) is 0.728. The number of hydrogen-bond acceptors (Lipinski definition) is 4. The number of benzene rings is 1.